The molecule has 1 aromatic heterocycles. The van der Waals surface area contributed by atoms with Crippen molar-refractivity contribution >= 4 is 5.91 Å². The number of alkyl halides is 3. The summed E-state index contributed by atoms with van der Waals surface area (Å²) in [5.41, 5.74) is 0.873. The van der Waals surface area contributed by atoms with Gasteiger partial charge in [-0.2, -0.15) is 13.2 Å². The first-order valence-corrected chi connectivity index (χ1v) is 7.84. The van der Waals surface area contributed by atoms with Gasteiger partial charge in [0.25, 0.3) is 5.56 Å². The van der Waals surface area contributed by atoms with E-state index in [1.54, 1.807) is 4.90 Å². The van der Waals surface area contributed by atoms with Crippen molar-refractivity contribution in [3.8, 4) is 0 Å². The molecule has 1 aromatic carbocycles. The molecule has 1 amide bonds. The molecule has 1 N–H and O–H groups in total. The fraction of sp³-hybridized carbons (Fsp3) is 0.353. The quantitative estimate of drug-likeness (QED) is 0.900. The number of hydrogen-bond donors (Lipinski definition) is 1. The molecule has 0 atom stereocenters. The topological polar surface area (TPSA) is 66.1 Å². The van der Waals surface area contributed by atoms with E-state index < -0.39 is 11.7 Å². The lowest BCUT2D eigenvalue weighted by Crippen LogP contribution is -2.34. The average molecular weight is 351 g/mol. The van der Waals surface area contributed by atoms with E-state index in [1.807, 2.05) is 0 Å². The van der Waals surface area contributed by atoms with Crippen molar-refractivity contribution < 1.29 is 18.0 Å². The Morgan fingerprint density at radius 3 is 2.52 bits per heavy atom. The molecule has 2 heterocycles. The number of amides is 1. The molecule has 0 fully saturated rings. The molecule has 0 bridgehead atoms. The van der Waals surface area contributed by atoms with Crippen LogP contribution >= 0.6 is 0 Å². The maximum absolute atomic E-state index is 12.6. The number of H-pyrrole nitrogens is 1. The molecule has 3 rings (SSSR count). The molecule has 0 spiro atoms. The highest BCUT2D eigenvalue weighted by molar-refractivity contribution is 5.79. The number of nitrogens with zero attached hydrogens (tertiary/aromatic N) is 2. The standard InChI is InChI=1S/C17H16F3N3O2/c18-17(19,20)12-3-1-11(2-4-12)9-15(24)23-7-5-13-14(6-8-23)21-10-22-16(13)25/h1-4,10H,5-9H2,(H,21,22,25). The molecule has 0 unspecified atom stereocenters. The smallest absolute Gasteiger partial charge is 0.342 e. The van der Waals surface area contributed by atoms with Crippen LogP contribution in [0.25, 0.3) is 0 Å². The predicted molar refractivity (Wildman–Crippen MR) is 84.0 cm³/mol. The average Bonchev–Trinajstić information content (AvgIpc) is 2.78. The van der Waals surface area contributed by atoms with Crippen LogP contribution in [-0.4, -0.2) is 33.9 Å². The van der Waals surface area contributed by atoms with Crippen LogP contribution in [0.15, 0.2) is 35.4 Å². The van der Waals surface area contributed by atoms with Crippen LogP contribution in [0.5, 0.6) is 0 Å². The Balaban J connectivity index is 1.66. The van der Waals surface area contributed by atoms with E-state index in [1.165, 1.54) is 18.5 Å². The Hall–Kier alpha value is -2.64. The van der Waals surface area contributed by atoms with Crippen LogP contribution in [-0.2, 0) is 30.2 Å². The van der Waals surface area contributed by atoms with Gasteiger partial charge in [0.2, 0.25) is 5.91 Å². The van der Waals surface area contributed by atoms with E-state index in [9.17, 15) is 22.8 Å². The van der Waals surface area contributed by atoms with Crippen LogP contribution in [0.4, 0.5) is 13.2 Å². The van der Waals surface area contributed by atoms with Gasteiger partial charge in [0.05, 0.1) is 24.0 Å². The van der Waals surface area contributed by atoms with Crippen molar-refractivity contribution in [3.05, 3.63) is 63.3 Å². The third kappa shape index (κ3) is 3.89. The Bertz CT molecular complexity index is 828. The van der Waals surface area contributed by atoms with Gasteiger partial charge in [0, 0.05) is 25.1 Å². The highest BCUT2D eigenvalue weighted by Gasteiger charge is 2.30. The normalized spacial score (nSPS) is 14.8. The molecular weight excluding hydrogens is 335 g/mol. The van der Waals surface area contributed by atoms with Crippen LogP contribution in [0, 0.1) is 0 Å². The predicted octanol–water partition coefficient (Wildman–Crippen LogP) is 1.96. The minimum atomic E-state index is -4.39. The highest BCUT2D eigenvalue weighted by Crippen LogP contribution is 2.29. The van der Waals surface area contributed by atoms with Crippen LogP contribution < -0.4 is 5.56 Å². The summed E-state index contributed by atoms with van der Waals surface area (Å²) >= 11 is 0. The number of fused-ring (bicyclic) bond motifs is 1. The maximum Gasteiger partial charge on any atom is 0.416 e. The van der Waals surface area contributed by atoms with Gasteiger partial charge in [-0.05, 0) is 24.1 Å². The molecule has 25 heavy (non-hydrogen) atoms. The minimum Gasteiger partial charge on any atom is -0.342 e. The Morgan fingerprint density at radius 2 is 1.84 bits per heavy atom. The highest BCUT2D eigenvalue weighted by atomic mass is 19.4. The summed E-state index contributed by atoms with van der Waals surface area (Å²) in [5.74, 6) is -0.177. The first-order chi connectivity index (χ1) is 11.8. The lowest BCUT2D eigenvalue weighted by Gasteiger charge is -2.20. The summed E-state index contributed by atoms with van der Waals surface area (Å²) < 4.78 is 37.7. The third-order valence-electron chi connectivity index (χ3n) is 4.28. The largest absolute Gasteiger partial charge is 0.416 e. The lowest BCUT2D eigenvalue weighted by atomic mass is 10.1. The van der Waals surface area contributed by atoms with Gasteiger partial charge in [-0.15, -0.1) is 0 Å². The second-order valence-electron chi connectivity index (χ2n) is 5.91. The Labute approximate surface area is 141 Å². The summed E-state index contributed by atoms with van der Waals surface area (Å²) in [5, 5.41) is 0. The molecule has 0 saturated heterocycles. The first kappa shape index (κ1) is 17.2. The van der Waals surface area contributed by atoms with E-state index in [0.717, 1.165) is 12.1 Å². The van der Waals surface area contributed by atoms with Crippen molar-refractivity contribution in [1.29, 1.82) is 0 Å². The van der Waals surface area contributed by atoms with Crippen molar-refractivity contribution in [3.63, 3.8) is 0 Å². The van der Waals surface area contributed by atoms with E-state index in [2.05, 4.69) is 9.97 Å². The number of nitrogens with one attached hydrogen (secondary N) is 1. The Morgan fingerprint density at radius 1 is 1.16 bits per heavy atom. The van der Waals surface area contributed by atoms with Crippen molar-refractivity contribution in [1.82, 2.24) is 14.9 Å². The fourth-order valence-electron chi connectivity index (χ4n) is 2.88. The maximum atomic E-state index is 12.6. The second-order valence-corrected chi connectivity index (χ2v) is 5.91. The number of hydrogen-bond acceptors (Lipinski definition) is 3. The fourth-order valence-corrected chi connectivity index (χ4v) is 2.88. The lowest BCUT2D eigenvalue weighted by molar-refractivity contribution is -0.137. The van der Waals surface area contributed by atoms with Crippen LogP contribution in [0.1, 0.15) is 22.4 Å². The van der Waals surface area contributed by atoms with Gasteiger partial charge in [-0.1, -0.05) is 12.1 Å². The van der Waals surface area contributed by atoms with E-state index in [-0.39, 0.29) is 17.9 Å². The summed E-state index contributed by atoms with van der Waals surface area (Å²) in [4.78, 5) is 32.5. The number of carbonyl (C=O) groups is 1. The van der Waals surface area contributed by atoms with E-state index in [0.29, 0.717) is 42.8 Å². The second kappa shape index (κ2) is 6.70. The zero-order valence-corrected chi connectivity index (χ0v) is 13.3. The molecule has 8 heteroatoms. The number of halogens is 3. The van der Waals surface area contributed by atoms with Crippen LogP contribution in [0.2, 0.25) is 0 Å². The summed E-state index contributed by atoms with van der Waals surface area (Å²) in [6, 6.07) is 4.59. The molecule has 1 aliphatic heterocycles. The number of aromatic nitrogens is 2. The Kier molecular flexibility index (Phi) is 4.61. The third-order valence-corrected chi connectivity index (χ3v) is 4.28. The zero-order chi connectivity index (χ0) is 18.0. The summed E-state index contributed by atoms with van der Waals surface area (Å²) in [6.07, 6.45) is -2.12. The van der Waals surface area contributed by atoms with Crippen molar-refractivity contribution in [2.45, 2.75) is 25.4 Å². The van der Waals surface area contributed by atoms with Gasteiger partial charge in [0.15, 0.2) is 0 Å². The number of rotatable bonds is 2. The van der Waals surface area contributed by atoms with E-state index >= 15 is 0 Å². The monoisotopic (exact) mass is 351 g/mol. The SMILES string of the molecule is O=C(Cc1ccc(C(F)(F)F)cc1)N1CCc2nc[nH]c(=O)c2CC1. The molecule has 1 aliphatic rings. The first-order valence-electron chi connectivity index (χ1n) is 7.84. The van der Waals surface area contributed by atoms with Gasteiger partial charge in [-0.25, -0.2) is 4.98 Å². The van der Waals surface area contributed by atoms with Gasteiger partial charge < -0.3 is 9.88 Å². The van der Waals surface area contributed by atoms with Gasteiger partial charge in [-0.3, -0.25) is 9.59 Å². The van der Waals surface area contributed by atoms with Gasteiger partial charge >= 0.3 is 6.18 Å². The van der Waals surface area contributed by atoms with Crippen molar-refractivity contribution in [2.75, 3.05) is 13.1 Å². The molecule has 0 radical (unpaired) electrons. The molecule has 132 valence electrons. The molecule has 0 aliphatic carbocycles. The van der Waals surface area contributed by atoms with Crippen molar-refractivity contribution in [2.24, 2.45) is 0 Å². The molecule has 5 nitrogen and oxygen atoms in total. The summed E-state index contributed by atoms with van der Waals surface area (Å²) in [6.45, 7) is 0.824. The molecule has 0 saturated carbocycles. The van der Waals surface area contributed by atoms with Gasteiger partial charge in [0.1, 0.15) is 0 Å². The molecular formula is C17H16F3N3O2. The van der Waals surface area contributed by atoms with Crippen LogP contribution in [0.3, 0.4) is 0 Å². The number of carbonyl (C=O) groups excluding carboxylic acids is 1. The number of aromatic amines is 1. The minimum absolute atomic E-state index is 0.0261. The molecule has 2 aromatic rings. The van der Waals surface area contributed by atoms with E-state index in [4.69, 9.17) is 0 Å². The summed E-state index contributed by atoms with van der Waals surface area (Å²) in [7, 11) is 0. The zero-order valence-electron chi connectivity index (χ0n) is 13.3. The number of benzene rings is 1.